The lowest BCUT2D eigenvalue weighted by atomic mass is 10.3. The average Bonchev–Trinajstić information content (AvgIpc) is 2.37. The molecule has 2 rings (SSSR count). The zero-order chi connectivity index (χ0) is 13.0. The molecule has 0 atom stereocenters. The van der Waals surface area contributed by atoms with Crippen molar-refractivity contribution < 1.29 is 31.3 Å². The lowest BCUT2D eigenvalue weighted by Gasteiger charge is -2.03. The van der Waals surface area contributed by atoms with Gasteiger partial charge in [0.25, 0.3) is 5.69 Å². The van der Waals surface area contributed by atoms with E-state index >= 15 is 0 Å². The maximum absolute atomic E-state index is 10.9. The molecule has 0 aromatic carbocycles. The summed E-state index contributed by atoms with van der Waals surface area (Å²) in [7, 11) is -4.02. The fourth-order valence-corrected chi connectivity index (χ4v) is 1.94. The normalized spacial score (nSPS) is 10.3. The lowest BCUT2D eigenvalue weighted by molar-refractivity contribution is -0.682. The first-order chi connectivity index (χ1) is 8.56. The van der Waals surface area contributed by atoms with Crippen LogP contribution >= 0.6 is 20.0 Å². The van der Waals surface area contributed by atoms with Crippen molar-refractivity contribution in [1.82, 2.24) is 15.0 Å². The van der Waals surface area contributed by atoms with Crippen molar-refractivity contribution in [3.63, 3.8) is 0 Å². The monoisotopic (exact) mass is 338 g/mol. The molecule has 0 spiro atoms. The Bertz CT molecular complexity index is 582. The second-order valence-corrected chi connectivity index (χ2v) is 5.41. The zero-order valence-electron chi connectivity index (χ0n) is 10.2. The number of aromatic nitrogens is 4. The standard InChI is InChI=1S/C10H11N4O3P.2ClH/c15-18(16,17)6-5-14-4-3-12-8-10(14)9-7-11-1-2-13-9;;/h1-4,7-8H,5-6H2,(H-,15,16,17);2*1H. The van der Waals surface area contributed by atoms with Gasteiger partial charge in [-0.3, -0.25) is 14.5 Å². The van der Waals surface area contributed by atoms with E-state index in [2.05, 4.69) is 15.0 Å². The van der Waals surface area contributed by atoms with Crippen molar-refractivity contribution in [3.8, 4) is 11.4 Å². The van der Waals surface area contributed by atoms with E-state index in [0.717, 1.165) is 0 Å². The van der Waals surface area contributed by atoms with E-state index in [1.54, 1.807) is 41.7 Å². The number of rotatable bonds is 4. The molecule has 2 N–H and O–H groups in total. The van der Waals surface area contributed by atoms with E-state index in [4.69, 9.17) is 9.79 Å². The molecule has 0 aliphatic heterocycles. The molecule has 20 heavy (non-hydrogen) atoms. The van der Waals surface area contributed by atoms with Crippen LogP contribution in [-0.4, -0.2) is 30.9 Å². The van der Waals surface area contributed by atoms with Gasteiger partial charge in [0.2, 0.25) is 0 Å². The van der Waals surface area contributed by atoms with Crippen molar-refractivity contribution in [1.29, 1.82) is 0 Å². The maximum Gasteiger partial charge on any atom is 0.331 e. The van der Waals surface area contributed by atoms with Gasteiger partial charge in [-0.1, -0.05) is 0 Å². The highest BCUT2D eigenvalue weighted by Gasteiger charge is 2.20. The van der Waals surface area contributed by atoms with Gasteiger partial charge in [0.1, 0.15) is 12.4 Å². The number of aryl methyl sites for hydroxylation is 1. The van der Waals surface area contributed by atoms with Crippen LogP contribution in [0.4, 0.5) is 0 Å². The average molecular weight is 339 g/mol. The van der Waals surface area contributed by atoms with E-state index in [1.807, 2.05) is 0 Å². The molecule has 0 radical (unpaired) electrons. The van der Waals surface area contributed by atoms with Crippen molar-refractivity contribution in [2.24, 2.45) is 0 Å². The largest absolute Gasteiger partial charge is 1.00 e. The summed E-state index contributed by atoms with van der Waals surface area (Å²) in [6, 6.07) is 0. The Morgan fingerprint density at radius 1 is 1.15 bits per heavy atom. The summed E-state index contributed by atoms with van der Waals surface area (Å²) in [5, 5.41) is 0. The summed E-state index contributed by atoms with van der Waals surface area (Å²) >= 11 is 0. The Kier molecular flexibility index (Phi) is 7.78. The number of nitrogens with zero attached hydrogens (tertiary/aromatic N) is 4. The molecule has 0 saturated carbocycles. The van der Waals surface area contributed by atoms with E-state index in [0.29, 0.717) is 11.4 Å². The molecular formula is C10H13Cl2N4O3P. The summed E-state index contributed by atoms with van der Waals surface area (Å²) < 4.78 is 12.6. The molecule has 2 heterocycles. The Labute approximate surface area is 128 Å². The molecule has 7 nitrogen and oxygen atoms in total. The van der Waals surface area contributed by atoms with E-state index in [-0.39, 0.29) is 37.5 Å². The highest BCUT2D eigenvalue weighted by Crippen LogP contribution is 2.33. The topological polar surface area (TPSA) is 100 Å². The number of halogens is 2. The fraction of sp³-hybridized carbons (Fsp3) is 0.200. The summed E-state index contributed by atoms with van der Waals surface area (Å²) in [5.41, 5.74) is 1.27. The maximum atomic E-state index is 10.9. The van der Waals surface area contributed by atoms with Crippen molar-refractivity contribution in [3.05, 3.63) is 37.2 Å². The predicted molar refractivity (Wildman–Crippen MR) is 69.6 cm³/mol. The van der Waals surface area contributed by atoms with E-state index < -0.39 is 7.60 Å². The molecule has 0 aliphatic carbocycles. The molecule has 10 heteroatoms. The molecule has 2 aromatic heterocycles. The summed E-state index contributed by atoms with van der Waals surface area (Å²) in [5.74, 6) is 0. The van der Waals surface area contributed by atoms with Gasteiger partial charge in [-0.2, -0.15) is 4.57 Å². The van der Waals surface area contributed by atoms with Crippen molar-refractivity contribution in [2.45, 2.75) is 6.54 Å². The minimum Gasteiger partial charge on any atom is -1.00 e. The van der Waals surface area contributed by atoms with Crippen LogP contribution in [0.2, 0.25) is 0 Å². The zero-order valence-corrected chi connectivity index (χ0v) is 12.7. The minimum atomic E-state index is -4.02. The summed E-state index contributed by atoms with van der Waals surface area (Å²) in [4.78, 5) is 29.9. The third-order valence-corrected chi connectivity index (χ3v) is 3.08. The minimum absolute atomic E-state index is 0. The summed E-state index contributed by atoms with van der Waals surface area (Å²) in [6.45, 7) is 0.193. The molecular weight excluding hydrogens is 326 g/mol. The van der Waals surface area contributed by atoms with Crippen LogP contribution in [0.3, 0.4) is 0 Å². The Balaban J connectivity index is 0.00000180. The fourth-order valence-electron chi connectivity index (χ4n) is 1.46. The Morgan fingerprint density at radius 3 is 2.45 bits per heavy atom. The molecule has 2 aromatic rings. The van der Waals surface area contributed by atoms with Gasteiger partial charge >= 0.3 is 7.60 Å². The van der Waals surface area contributed by atoms with Gasteiger partial charge in [0.05, 0.1) is 12.4 Å². The predicted octanol–water partition coefficient (Wildman–Crippen LogP) is -2.57. The van der Waals surface area contributed by atoms with Gasteiger partial charge in [0, 0.05) is 12.4 Å². The van der Waals surface area contributed by atoms with Gasteiger partial charge in [-0.05, 0) is 0 Å². The lowest BCUT2D eigenvalue weighted by Crippen LogP contribution is -3.00. The van der Waals surface area contributed by atoms with Gasteiger partial charge in [-0.15, -0.1) is 12.4 Å². The molecule has 0 amide bonds. The Hall–Kier alpha value is -1.11. The van der Waals surface area contributed by atoms with Crippen LogP contribution in [0, 0.1) is 0 Å². The van der Waals surface area contributed by atoms with Gasteiger partial charge in [0.15, 0.2) is 18.4 Å². The molecule has 0 unspecified atom stereocenters. The first-order valence-electron chi connectivity index (χ1n) is 5.21. The third kappa shape index (κ3) is 5.48. The van der Waals surface area contributed by atoms with Gasteiger partial charge < -0.3 is 22.2 Å². The highest BCUT2D eigenvalue weighted by atomic mass is 35.5. The van der Waals surface area contributed by atoms with Gasteiger partial charge in [-0.25, -0.2) is 4.98 Å². The second kappa shape index (κ2) is 8.24. The van der Waals surface area contributed by atoms with Crippen LogP contribution < -0.4 is 17.0 Å². The number of hydrogen-bond donors (Lipinski definition) is 2. The first-order valence-corrected chi connectivity index (χ1v) is 7.00. The van der Waals surface area contributed by atoms with Crippen molar-refractivity contribution >= 4 is 20.0 Å². The van der Waals surface area contributed by atoms with Crippen molar-refractivity contribution in [2.75, 3.05) is 6.16 Å². The highest BCUT2D eigenvalue weighted by molar-refractivity contribution is 7.51. The SMILES string of the molecule is Cl.O=P(O)(O)CC[n+]1ccncc1-c1cnccn1.[Cl-]. The molecule has 110 valence electrons. The number of hydrogen-bond acceptors (Lipinski definition) is 4. The molecule has 0 fully saturated rings. The third-order valence-electron chi connectivity index (χ3n) is 2.30. The van der Waals surface area contributed by atoms with E-state index in [1.165, 1.54) is 0 Å². The van der Waals surface area contributed by atoms with Crippen LogP contribution in [0.15, 0.2) is 37.2 Å². The van der Waals surface area contributed by atoms with Crippen LogP contribution in [0.5, 0.6) is 0 Å². The molecule has 0 aliphatic rings. The smallest absolute Gasteiger partial charge is 0.331 e. The molecule has 0 saturated heterocycles. The van der Waals surface area contributed by atoms with E-state index in [9.17, 15) is 4.57 Å². The molecule has 0 bridgehead atoms. The second-order valence-electron chi connectivity index (χ2n) is 3.63. The Morgan fingerprint density at radius 2 is 1.85 bits per heavy atom. The quantitative estimate of drug-likeness (QED) is 0.469. The summed E-state index contributed by atoms with van der Waals surface area (Å²) in [6.07, 6.45) is 9.25. The van der Waals surface area contributed by atoms with Crippen LogP contribution in [0.1, 0.15) is 0 Å². The first kappa shape index (κ1) is 18.9. The van der Waals surface area contributed by atoms with Crippen LogP contribution in [0.25, 0.3) is 11.4 Å². The van der Waals surface area contributed by atoms with Crippen LogP contribution in [-0.2, 0) is 11.1 Å².